The lowest BCUT2D eigenvalue weighted by Crippen LogP contribution is -2.29. The molecule has 12 heteroatoms. The van der Waals surface area contributed by atoms with Crippen molar-refractivity contribution in [1.82, 2.24) is 24.6 Å². The Hall–Kier alpha value is -4.16. The molecule has 0 spiro atoms. The third kappa shape index (κ3) is 6.02. The van der Waals surface area contributed by atoms with Crippen molar-refractivity contribution in [2.45, 2.75) is 17.3 Å². The summed E-state index contributed by atoms with van der Waals surface area (Å²) < 4.78 is 31.6. The highest BCUT2D eigenvalue weighted by Crippen LogP contribution is 2.31. The van der Waals surface area contributed by atoms with E-state index >= 15 is 0 Å². The largest absolute Gasteiger partial charge is 0.493 e. The highest BCUT2D eigenvalue weighted by atomic mass is 32.2. The van der Waals surface area contributed by atoms with Crippen molar-refractivity contribution in [3.05, 3.63) is 88.3 Å². The lowest BCUT2D eigenvalue weighted by molar-refractivity contribution is 0.0791. The Morgan fingerprint density at radius 3 is 2.62 bits per heavy atom. The molecule has 0 atom stereocenters. The van der Waals surface area contributed by atoms with Gasteiger partial charge in [-0.05, 0) is 60.5 Å². The fourth-order valence-electron chi connectivity index (χ4n) is 3.98. The molecule has 2 aromatic carbocycles. The molecule has 0 fully saturated rings. The maximum absolute atomic E-state index is 13.6. The van der Waals surface area contributed by atoms with Crippen LogP contribution >= 0.6 is 23.1 Å². The van der Waals surface area contributed by atoms with Crippen LogP contribution < -0.4 is 9.47 Å². The summed E-state index contributed by atoms with van der Waals surface area (Å²) in [6, 6.07) is 15.4. The van der Waals surface area contributed by atoms with Crippen LogP contribution in [0, 0.1) is 5.82 Å². The second kappa shape index (κ2) is 12.3. The molecule has 0 aliphatic heterocycles. The Kier molecular flexibility index (Phi) is 8.46. The van der Waals surface area contributed by atoms with Crippen LogP contribution in [-0.2, 0) is 12.2 Å². The van der Waals surface area contributed by atoms with Crippen LogP contribution in [0.2, 0.25) is 0 Å². The molecule has 0 radical (unpaired) electrons. The van der Waals surface area contributed by atoms with Crippen LogP contribution in [0.5, 0.6) is 11.5 Å². The standard InChI is InChI=1S/C28H26FN5O4S2/c1-33(13-12-18-6-11-22(36-2)24(15-18)37-3)27(35)21-16-39-25(30-21)17-40-28-32-31-26(23-5-4-14-38-23)34(28)20-9-7-19(29)8-10-20/h4-11,14-16H,12-13,17H2,1-3H3. The second-order valence-corrected chi connectivity index (χ2v) is 10.6. The SMILES string of the molecule is COc1ccc(CCN(C)C(=O)c2csc(CSc3nnc(-c4ccco4)n3-c3ccc(F)cc3)n2)cc1OC. The van der Waals surface area contributed by atoms with E-state index in [-0.39, 0.29) is 11.7 Å². The van der Waals surface area contributed by atoms with Gasteiger partial charge in [0, 0.05) is 19.0 Å². The van der Waals surface area contributed by atoms with Gasteiger partial charge in [0.25, 0.3) is 5.91 Å². The predicted octanol–water partition coefficient (Wildman–Crippen LogP) is 5.75. The van der Waals surface area contributed by atoms with Crippen LogP contribution in [0.25, 0.3) is 17.3 Å². The zero-order chi connectivity index (χ0) is 28.1. The molecular weight excluding hydrogens is 553 g/mol. The molecule has 1 amide bonds. The summed E-state index contributed by atoms with van der Waals surface area (Å²) in [4.78, 5) is 19.3. The zero-order valence-corrected chi connectivity index (χ0v) is 23.7. The van der Waals surface area contributed by atoms with Crippen LogP contribution in [0.3, 0.4) is 0 Å². The van der Waals surface area contributed by atoms with E-state index in [0.717, 1.165) is 10.6 Å². The number of halogens is 1. The minimum absolute atomic E-state index is 0.150. The van der Waals surface area contributed by atoms with Gasteiger partial charge in [-0.3, -0.25) is 9.36 Å². The number of likely N-dealkylation sites (N-methyl/N-ethyl adjacent to an activating group) is 1. The van der Waals surface area contributed by atoms with Gasteiger partial charge in [-0.15, -0.1) is 21.5 Å². The summed E-state index contributed by atoms with van der Waals surface area (Å²) in [5.41, 5.74) is 2.13. The summed E-state index contributed by atoms with van der Waals surface area (Å²) >= 11 is 2.83. The molecular formula is C28H26FN5O4S2. The number of thioether (sulfide) groups is 1. The molecule has 40 heavy (non-hydrogen) atoms. The number of furan rings is 1. The average molecular weight is 580 g/mol. The molecule has 0 aliphatic carbocycles. The van der Waals surface area contributed by atoms with E-state index < -0.39 is 0 Å². The monoisotopic (exact) mass is 579 g/mol. The number of carbonyl (C=O) groups excluding carboxylic acids is 1. The van der Waals surface area contributed by atoms with E-state index in [9.17, 15) is 9.18 Å². The van der Waals surface area contributed by atoms with Crippen LogP contribution in [0.4, 0.5) is 4.39 Å². The van der Waals surface area contributed by atoms with Gasteiger partial charge in [-0.2, -0.15) is 0 Å². The first kappa shape index (κ1) is 27.4. The Morgan fingerprint density at radius 2 is 1.90 bits per heavy atom. The Morgan fingerprint density at radius 1 is 1.10 bits per heavy atom. The number of carbonyl (C=O) groups is 1. The van der Waals surface area contributed by atoms with Crippen molar-refractivity contribution in [3.8, 4) is 28.8 Å². The number of thiazole rings is 1. The van der Waals surface area contributed by atoms with Gasteiger partial charge in [0.15, 0.2) is 22.4 Å². The van der Waals surface area contributed by atoms with Crippen LogP contribution in [-0.4, -0.2) is 58.4 Å². The Labute approximate surface area is 238 Å². The molecule has 0 saturated heterocycles. The fraction of sp³-hybridized carbons (Fsp3) is 0.214. The maximum atomic E-state index is 13.6. The quantitative estimate of drug-likeness (QED) is 0.183. The van der Waals surface area contributed by atoms with Gasteiger partial charge >= 0.3 is 0 Å². The van der Waals surface area contributed by atoms with Crippen molar-refractivity contribution < 1.29 is 23.1 Å². The van der Waals surface area contributed by atoms with Gasteiger partial charge < -0.3 is 18.8 Å². The van der Waals surface area contributed by atoms with Crippen molar-refractivity contribution >= 4 is 29.0 Å². The summed E-state index contributed by atoms with van der Waals surface area (Å²) in [6.45, 7) is 0.520. The highest BCUT2D eigenvalue weighted by Gasteiger charge is 2.20. The molecule has 5 rings (SSSR count). The number of methoxy groups -OCH3 is 2. The Bertz CT molecular complexity index is 1580. The first-order valence-corrected chi connectivity index (χ1v) is 14.1. The molecule has 206 valence electrons. The van der Waals surface area contributed by atoms with Crippen molar-refractivity contribution in [2.75, 3.05) is 27.8 Å². The minimum atomic E-state index is -0.334. The number of benzene rings is 2. The normalized spacial score (nSPS) is 11.0. The van der Waals surface area contributed by atoms with E-state index in [2.05, 4.69) is 15.2 Å². The van der Waals surface area contributed by atoms with E-state index in [1.807, 2.05) is 22.8 Å². The number of nitrogens with zero attached hydrogens (tertiary/aromatic N) is 5. The molecule has 0 aliphatic rings. The zero-order valence-electron chi connectivity index (χ0n) is 22.0. The van der Waals surface area contributed by atoms with Crippen LogP contribution in [0.15, 0.2) is 75.8 Å². The molecule has 0 bridgehead atoms. The average Bonchev–Trinajstić information content (AvgIpc) is 3.75. The van der Waals surface area contributed by atoms with Gasteiger partial charge in [-0.1, -0.05) is 17.8 Å². The van der Waals surface area contributed by atoms with Gasteiger partial charge in [0.1, 0.15) is 16.5 Å². The highest BCUT2D eigenvalue weighted by molar-refractivity contribution is 7.98. The topological polar surface area (TPSA) is 95.5 Å². The maximum Gasteiger partial charge on any atom is 0.273 e. The number of rotatable bonds is 11. The van der Waals surface area contributed by atoms with Gasteiger partial charge in [0.05, 0.1) is 31.9 Å². The lowest BCUT2D eigenvalue weighted by atomic mass is 10.1. The first-order valence-electron chi connectivity index (χ1n) is 12.3. The molecule has 3 aromatic heterocycles. The van der Waals surface area contributed by atoms with Crippen LogP contribution in [0.1, 0.15) is 21.1 Å². The number of aromatic nitrogens is 4. The molecule has 0 saturated carbocycles. The van der Waals surface area contributed by atoms with E-state index in [1.54, 1.807) is 62.1 Å². The van der Waals surface area contributed by atoms with Crippen molar-refractivity contribution in [1.29, 1.82) is 0 Å². The summed E-state index contributed by atoms with van der Waals surface area (Å²) in [5.74, 6) is 2.36. The molecule has 5 aromatic rings. The Balaban J connectivity index is 1.25. The fourth-order valence-corrected chi connectivity index (χ4v) is 5.72. The van der Waals surface area contributed by atoms with Gasteiger partial charge in [-0.25, -0.2) is 9.37 Å². The summed E-state index contributed by atoms with van der Waals surface area (Å²) in [6.07, 6.45) is 2.22. The molecule has 0 unspecified atom stereocenters. The number of ether oxygens (including phenoxy) is 2. The number of hydrogen-bond acceptors (Lipinski definition) is 9. The van der Waals surface area contributed by atoms with Crippen molar-refractivity contribution in [3.63, 3.8) is 0 Å². The predicted molar refractivity (Wildman–Crippen MR) is 151 cm³/mol. The third-order valence-electron chi connectivity index (χ3n) is 6.09. The van der Waals surface area contributed by atoms with E-state index in [4.69, 9.17) is 13.9 Å². The first-order chi connectivity index (χ1) is 19.5. The molecule has 0 N–H and O–H groups in total. The molecule has 9 nitrogen and oxygen atoms in total. The summed E-state index contributed by atoms with van der Waals surface area (Å²) in [5, 5.41) is 11.8. The minimum Gasteiger partial charge on any atom is -0.493 e. The third-order valence-corrected chi connectivity index (χ3v) is 8.06. The van der Waals surface area contributed by atoms with Gasteiger partial charge in [0.2, 0.25) is 5.82 Å². The van der Waals surface area contributed by atoms with E-state index in [0.29, 0.717) is 58.3 Å². The second-order valence-electron chi connectivity index (χ2n) is 8.68. The summed E-state index contributed by atoms with van der Waals surface area (Å²) in [7, 11) is 4.96. The number of amides is 1. The lowest BCUT2D eigenvalue weighted by Gasteiger charge is -2.16. The smallest absolute Gasteiger partial charge is 0.273 e. The van der Waals surface area contributed by atoms with E-state index in [1.165, 1.54) is 35.2 Å². The van der Waals surface area contributed by atoms with Crippen molar-refractivity contribution in [2.24, 2.45) is 0 Å². The number of hydrogen-bond donors (Lipinski definition) is 0. The molecule has 3 heterocycles.